The Morgan fingerprint density at radius 1 is 0.931 bits per heavy atom. The van der Waals surface area contributed by atoms with Gasteiger partial charge >= 0.3 is 0 Å². The summed E-state index contributed by atoms with van der Waals surface area (Å²) >= 11 is 0. The molecule has 0 unspecified atom stereocenters. The van der Waals surface area contributed by atoms with E-state index in [2.05, 4.69) is 51.8 Å². The van der Waals surface area contributed by atoms with Crippen LogP contribution in [0, 0.1) is 6.92 Å². The van der Waals surface area contributed by atoms with E-state index in [1.165, 1.54) is 11.1 Å². The lowest BCUT2D eigenvalue weighted by Crippen LogP contribution is -2.36. The lowest BCUT2D eigenvalue weighted by Gasteiger charge is -2.12. The second-order valence-electron chi connectivity index (χ2n) is 6.55. The van der Waals surface area contributed by atoms with Crippen LogP contribution in [0.25, 0.3) is 0 Å². The molecule has 0 spiro atoms. The van der Waals surface area contributed by atoms with E-state index < -0.39 is 0 Å². The predicted octanol–water partition coefficient (Wildman–Crippen LogP) is 4.06. The van der Waals surface area contributed by atoms with Crippen molar-refractivity contribution in [3.8, 4) is 17.4 Å². The van der Waals surface area contributed by atoms with Crippen molar-refractivity contribution < 1.29 is 9.47 Å². The van der Waals surface area contributed by atoms with Crippen LogP contribution >= 0.6 is 0 Å². The first kappa shape index (κ1) is 20.2. The van der Waals surface area contributed by atoms with Crippen molar-refractivity contribution >= 4 is 5.96 Å². The molecule has 6 heteroatoms. The maximum atomic E-state index is 5.77. The topological polar surface area (TPSA) is 67.8 Å². The number of guanidine groups is 1. The molecule has 0 aliphatic carbocycles. The molecule has 3 aromatic rings. The fourth-order valence-electron chi connectivity index (χ4n) is 2.78. The summed E-state index contributed by atoms with van der Waals surface area (Å²) in [7, 11) is 3.39. The summed E-state index contributed by atoms with van der Waals surface area (Å²) in [6, 6.07) is 19.7. The summed E-state index contributed by atoms with van der Waals surface area (Å²) in [5.41, 5.74) is 3.49. The van der Waals surface area contributed by atoms with Crippen LogP contribution in [0.2, 0.25) is 0 Å². The highest BCUT2D eigenvalue weighted by molar-refractivity contribution is 5.79. The number of nitrogens with one attached hydrogen (secondary N) is 2. The van der Waals surface area contributed by atoms with Gasteiger partial charge in [0.2, 0.25) is 5.88 Å². The van der Waals surface area contributed by atoms with Crippen molar-refractivity contribution in [2.24, 2.45) is 4.99 Å². The van der Waals surface area contributed by atoms with E-state index in [9.17, 15) is 0 Å². The summed E-state index contributed by atoms with van der Waals surface area (Å²) in [6.07, 6.45) is 1.79. The Morgan fingerprint density at radius 2 is 1.69 bits per heavy atom. The molecular formula is C23H26N4O2. The Balaban J connectivity index is 1.50. The summed E-state index contributed by atoms with van der Waals surface area (Å²) in [5.74, 6) is 2.70. The van der Waals surface area contributed by atoms with E-state index in [4.69, 9.17) is 9.47 Å². The number of aryl methyl sites for hydroxylation is 1. The molecule has 1 aromatic heterocycles. The number of benzene rings is 2. The molecule has 3 rings (SSSR count). The zero-order valence-corrected chi connectivity index (χ0v) is 17.0. The van der Waals surface area contributed by atoms with Crippen LogP contribution in [-0.2, 0) is 13.1 Å². The Hall–Kier alpha value is -3.54. The van der Waals surface area contributed by atoms with E-state index >= 15 is 0 Å². The minimum atomic E-state index is 0.531. The highest BCUT2D eigenvalue weighted by Crippen LogP contribution is 2.23. The van der Waals surface area contributed by atoms with Crippen LogP contribution < -0.4 is 20.1 Å². The van der Waals surface area contributed by atoms with Crippen molar-refractivity contribution in [2.75, 3.05) is 14.2 Å². The maximum Gasteiger partial charge on any atom is 0.219 e. The third-order valence-corrected chi connectivity index (χ3v) is 4.29. The normalized spacial score (nSPS) is 11.1. The summed E-state index contributed by atoms with van der Waals surface area (Å²) < 4.78 is 11.0. The van der Waals surface area contributed by atoms with E-state index in [-0.39, 0.29) is 0 Å². The lowest BCUT2D eigenvalue weighted by atomic mass is 10.1. The molecule has 0 bridgehead atoms. The van der Waals surface area contributed by atoms with E-state index in [0.717, 1.165) is 17.3 Å². The molecule has 2 N–H and O–H groups in total. The van der Waals surface area contributed by atoms with Crippen molar-refractivity contribution in [3.63, 3.8) is 0 Å². The van der Waals surface area contributed by atoms with E-state index in [0.29, 0.717) is 24.7 Å². The Bertz CT molecular complexity index is 955. The lowest BCUT2D eigenvalue weighted by molar-refractivity contribution is 0.407. The summed E-state index contributed by atoms with van der Waals surface area (Å²) in [5, 5.41) is 6.62. The van der Waals surface area contributed by atoms with Gasteiger partial charge in [-0.2, -0.15) is 0 Å². The SMILES string of the molecule is CN=C(NCc1ccc(Oc2cccc(OC)c2)nc1)NCc1cccc(C)c1. The quantitative estimate of drug-likeness (QED) is 0.470. The summed E-state index contributed by atoms with van der Waals surface area (Å²) in [6.45, 7) is 3.41. The average Bonchev–Trinajstić information content (AvgIpc) is 2.75. The smallest absolute Gasteiger partial charge is 0.219 e. The Kier molecular flexibility index (Phi) is 7.05. The molecule has 1 heterocycles. The molecule has 150 valence electrons. The first-order valence-electron chi connectivity index (χ1n) is 9.43. The zero-order chi connectivity index (χ0) is 20.5. The van der Waals surface area contributed by atoms with Crippen molar-refractivity contribution in [1.29, 1.82) is 0 Å². The first-order chi connectivity index (χ1) is 14.2. The molecule has 0 fully saturated rings. The van der Waals surface area contributed by atoms with Gasteiger partial charge in [0.1, 0.15) is 11.5 Å². The molecule has 6 nitrogen and oxygen atoms in total. The molecular weight excluding hydrogens is 364 g/mol. The van der Waals surface area contributed by atoms with Gasteiger partial charge in [-0.05, 0) is 30.2 Å². The second-order valence-corrected chi connectivity index (χ2v) is 6.55. The molecule has 0 saturated heterocycles. The van der Waals surface area contributed by atoms with Crippen LogP contribution in [0.4, 0.5) is 0 Å². The number of ether oxygens (including phenoxy) is 2. The minimum absolute atomic E-state index is 0.531. The first-order valence-corrected chi connectivity index (χ1v) is 9.43. The standard InChI is InChI=1S/C23H26N4O2/c1-17-6-4-7-18(12-17)14-26-23(24-2)27-16-19-10-11-22(25-15-19)29-21-9-5-8-20(13-21)28-3/h4-13,15H,14,16H2,1-3H3,(H2,24,26,27). The van der Waals surface area contributed by atoms with Crippen molar-refractivity contribution in [1.82, 2.24) is 15.6 Å². The minimum Gasteiger partial charge on any atom is -0.497 e. The van der Waals surface area contributed by atoms with Gasteiger partial charge < -0.3 is 20.1 Å². The summed E-state index contributed by atoms with van der Waals surface area (Å²) in [4.78, 5) is 8.64. The number of nitrogens with zero attached hydrogens (tertiary/aromatic N) is 2. The number of pyridine rings is 1. The number of hydrogen-bond donors (Lipinski definition) is 2. The molecule has 0 aliphatic heterocycles. The van der Waals surface area contributed by atoms with Crippen molar-refractivity contribution in [3.05, 3.63) is 83.6 Å². The van der Waals surface area contributed by atoms with Gasteiger partial charge in [-0.1, -0.05) is 42.0 Å². The maximum absolute atomic E-state index is 5.77. The van der Waals surface area contributed by atoms with Gasteiger partial charge in [-0.25, -0.2) is 4.98 Å². The second kappa shape index (κ2) is 10.1. The van der Waals surface area contributed by atoms with Gasteiger partial charge in [-0.3, -0.25) is 4.99 Å². The number of aliphatic imine (C=N–C) groups is 1. The van der Waals surface area contributed by atoms with Crippen LogP contribution in [0.15, 0.2) is 71.9 Å². The fraction of sp³-hybridized carbons (Fsp3) is 0.217. The third-order valence-electron chi connectivity index (χ3n) is 4.29. The predicted molar refractivity (Wildman–Crippen MR) is 116 cm³/mol. The van der Waals surface area contributed by atoms with E-state index in [1.807, 2.05) is 36.4 Å². The Labute approximate surface area is 171 Å². The molecule has 0 radical (unpaired) electrons. The van der Waals surface area contributed by atoms with Crippen molar-refractivity contribution in [2.45, 2.75) is 20.0 Å². The van der Waals surface area contributed by atoms with Gasteiger partial charge in [0.25, 0.3) is 0 Å². The molecule has 0 aliphatic rings. The largest absolute Gasteiger partial charge is 0.497 e. The number of rotatable bonds is 7. The van der Waals surface area contributed by atoms with Crippen LogP contribution in [0.3, 0.4) is 0 Å². The molecule has 0 saturated carbocycles. The molecule has 29 heavy (non-hydrogen) atoms. The Morgan fingerprint density at radius 3 is 2.38 bits per heavy atom. The van der Waals surface area contributed by atoms with E-state index in [1.54, 1.807) is 20.4 Å². The third kappa shape index (κ3) is 6.24. The van der Waals surface area contributed by atoms with Crippen LogP contribution in [-0.4, -0.2) is 25.1 Å². The van der Waals surface area contributed by atoms with Crippen LogP contribution in [0.1, 0.15) is 16.7 Å². The van der Waals surface area contributed by atoms with Gasteiger partial charge in [0.15, 0.2) is 5.96 Å². The molecule has 2 aromatic carbocycles. The molecule has 0 amide bonds. The number of aromatic nitrogens is 1. The molecule has 0 atom stereocenters. The zero-order valence-electron chi connectivity index (χ0n) is 17.0. The van der Waals surface area contributed by atoms with Gasteiger partial charge in [0.05, 0.1) is 7.11 Å². The fourth-order valence-corrected chi connectivity index (χ4v) is 2.78. The number of hydrogen-bond acceptors (Lipinski definition) is 4. The average molecular weight is 390 g/mol. The monoisotopic (exact) mass is 390 g/mol. The van der Waals surface area contributed by atoms with Crippen LogP contribution in [0.5, 0.6) is 17.4 Å². The van der Waals surface area contributed by atoms with Gasteiger partial charge in [0, 0.05) is 38.5 Å². The number of methoxy groups -OCH3 is 1. The highest BCUT2D eigenvalue weighted by atomic mass is 16.5. The van der Waals surface area contributed by atoms with Gasteiger partial charge in [-0.15, -0.1) is 0 Å². The highest BCUT2D eigenvalue weighted by Gasteiger charge is 2.03.